The Balaban J connectivity index is 2.49. The molecule has 0 spiro atoms. The van der Waals surface area contributed by atoms with Gasteiger partial charge in [0.05, 0.1) is 0 Å². The minimum atomic E-state index is -5.52. The maximum atomic E-state index is 12.5. The van der Waals surface area contributed by atoms with Crippen LogP contribution in [0.5, 0.6) is 23.0 Å². The molecule has 0 aliphatic carbocycles. The van der Waals surface area contributed by atoms with Gasteiger partial charge in [0.25, 0.3) is 0 Å². The fourth-order valence-electron chi connectivity index (χ4n) is 2.41. The average molecular weight is 520 g/mol. The van der Waals surface area contributed by atoms with Crippen LogP contribution in [-0.2, 0) is 0 Å². The van der Waals surface area contributed by atoms with Gasteiger partial charge >= 0.3 is 25.4 Å². The highest BCUT2D eigenvalue weighted by Crippen LogP contribution is 2.41. The van der Waals surface area contributed by atoms with Gasteiger partial charge in [-0.15, -0.1) is 52.7 Å². The molecule has 0 saturated carbocycles. The van der Waals surface area contributed by atoms with Crippen molar-refractivity contribution in [3.8, 4) is 23.0 Å². The van der Waals surface area contributed by atoms with Gasteiger partial charge in [-0.3, -0.25) is 0 Å². The van der Waals surface area contributed by atoms with Crippen LogP contribution in [0.25, 0.3) is 0 Å². The molecule has 0 unspecified atom stereocenters. The number of benzene rings is 2. The molecule has 0 amide bonds. The lowest BCUT2D eigenvalue weighted by atomic mass is 10.0. The molecule has 0 heterocycles. The molecule has 0 saturated heterocycles. The number of halogens is 12. The summed E-state index contributed by atoms with van der Waals surface area (Å²) in [6.07, 6.45) is -24.1. The van der Waals surface area contributed by atoms with Gasteiger partial charge in [-0.05, 0) is 35.4 Å². The molecule has 0 fully saturated rings. The fraction of sp³-hybridized carbons (Fsp3) is 0.294. The van der Waals surface area contributed by atoms with Gasteiger partial charge < -0.3 is 24.1 Å². The number of alkyl halides is 12. The molecular weight excluding hydrogens is 512 g/mol. The topological polar surface area (TPSA) is 57.2 Å². The highest BCUT2D eigenvalue weighted by atomic mass is 19.4. The molecule has 190 valence electrons. The zero-order chi connectivity index (χ0) is 26.1. The predicted octanol–water partition coefficient (Wildman–Crippen LogP) is 6.36. The largest absolute Gasteiger partial charge is 0.573 e. The lowest BCUT2D eigenvalue weighted by molar-refractivity contribution is -0.287. The van der Waals surface area contributed by atoms with E-state index in [2.05, 4.69) is 18.9 Å². The normalized spacial score (nSPS) is 13.1. The maximum Gasteiger partial charge on any atom is 0.573 e. The highest BCUT2D eigenvalue weighted by molar-refractivity contribution is 5.49. The van der Waals surface area contributed by atoms with Gasteiger partial charge in [-0.1, -0.05) is 12.1 Å². The summed E-state index contributed by atoms with van der Waals surface area (Å²) in [7, 11) is 0. The summed E-state index contributed by atoms with van der Waals surface area (Å²) in [5.74, 6) is -6.11. The first-order chi connectivity index (χ1) is 15.2. The van der Waals surface area contributed by atoms with Crippen LogP contribution in [0.3, 0.4) is 0 Å². The number of rotatable bonds is 6. The third kappa shape index (κ3) is 8.60. The quantitative estimate of drug-likeness (QED) is 0.450. The van der Waals surface area contributed by atoms with Crippen molar-refractivity contribution in [1.29, 1.82) is 0 Å². The Morgan fingerprint density at radius 1 is 0.471 bits per heavy atom. The minimum absolute atomic E-state index is 0.226. The van der Waals surface area contributed by atoms with Crippen LogP contribution in [-0.4, -0.2) is 30.6 Å². The number of ether oxygens (including phenoxy) is 4. The van der Waals surface area contributed by atoms with Crippen molar-refractivity contribution >= 4 is 0 Å². The van der Waals surface area contributed by atoms with Crippen molar-refractivity contribution in [2.24, 2.45) is 0 Å². The standard InChI is InChI=1S/C17H8F12O5/c18-14(19,20)31-9-3-1-7(5-11(9)33-16(24,25)26)13(30)8-2-4-10(32-15(21,22)23)12(6-8)34-17(27,28)29/h1-6,13,30H. The van der Waals surface area contributed by atoms with E-state index >= 15 is 0 Å². The van der Waals surface area contributed by atoms with E-state index in [1.165, 1.54) is 0 Å². The SMILES string of the molecule is OC(c1ccc(OC(F)(F)F)c(OC(F)(F)F)c1)c1ccc(OC(F)(F)F)c(OC(F)(F)F)c1. The van der Waals surface area contributed by atoms with Crippen LogP contribution in [0.2, 0.25) is 0 Å². The smallest absolute Gasteiger partial charge is 0.402 e. The molecule has 34 heavy (non-hydrogen) atoms. The van der Waals surface area contributed by atoms with Crippen molar-refractivity contribution in [3.63, 3.8) is 0 Å². The first-order valence-corrected chi connectivity index (χ1v) is 8.21. The van der Waals surface area contributed by atoms with Crippen LogP contribution in [0.4, 0.5) is 52.7 Å². The summed E-state index contributed by atoms with van der Waals surface area (Å²) in [5, 5.41) is 10.3. The van der Waals surface area contributed by atoms with E-state index in [0.29, 0.717) is 24.3 Å². The molecule has 17 heteroatoms. The van der Waals surface area contributed by atoms with Crippen LogP contribution < -0.4 is 18.9 Å². The molecule has 5 nitrogen and oxygen atoms in total. The Kier molecular flexibility index (Phi) is 7.30. The number of hydrogen-bond acceptors (Lipinski definition) is 5. The number of hydrogen-bond donors (Lipinski definition) is 1. The van der Waals surface area contributed by atoms with E-state index < -0.39 is 65.7 Å². The van der Waals surface area contributed by atoms with Gasteiger partial charge in [-0.25, -0.2) is 0 Å². The van der Waals surface area contributed by atoms with Crippen molar-refractivity contribution in [2.45, 2.75) is 31.6 Å². The molecule has 0 atom stereocenters. The van der Waals surface area contributed by atoms with E-state index in [-0.39, 0.29) is 12.1 Å². The third-order valence-corrected chi connectivity index (χ3v) is 3.47. The highest BCUT2D eigenvalue weighted by Gasteiger charge is 2.38. The molecule has 2 rings (SSSR count). The third-order valence-electron chi connectivity index (χ3n) is 3.47. The summed E-state index contributed by atoms with van der Waals surface area (Å²) in [6.45, 7) is 0. The molecule has 2 aromatic rings. The second kappa shape index (κ2) is 9.19. The van der Waals surface area contributed by atoms with Crippen molar-refractivity contribution in [2.75, 3.05) is 0 Å². The van der Waals surface area contributed by atoms with Crippen LogP contribution >= 0.6 is 0 Å². The number of aliphatic hydroxyl groups is 1. The Labute approximate surface area is 180 Å². The predicted molar refractivity (Wildman–Crippen MR) is 83.7 cm³/mol. The first-order valence-electron chi connectivity index (χ1n) is 8.21. The average Bonchev–Trinajstić information content (AvgIpc) is 2.59. The van der Waals surface area contributed by atoms with E-state index in [1.54, 1.807) is 0 Å². The van der Waals surface area contributed by atoms with Crippen molar-refractivity contribution in [1.82, 2.24) is 0 Å². The molecular formula is C17H8F12O5. The summed E-state index contributed by atoms with van der Waals surface area (Å²) in [4.78, 5) is 0. The molecule has 0 aromatic heterocycles. The summed E-state index contributed by atoms with van der Waals surface area (Å²) in [5.41, 5.74) is -1.34. The van der Waals surface area contributed by atoms with Crippen LogP contribution in [0.1, 0.15) is 17.2 Å². The first kappa shape index (κ1) is 27.0. The molecule has 0 aliphatic heterocycles. The van der Waals surface area contributed by atoms with E-state index in [0.717, 1.165) is 0 Å². The summed E-state index contributed by atoms with van der Waals surface area (Å²) < 4.78 is 163. The van der Waals surface area contributed by atoms with Gasteiger partial charge in [-0.2, -0.15) is 0 Å². The molecule has 0 aliphatic rings. The summed E-state index contributed by atoms with van der Waals surface area (Å²) in [6, 6.07) is 2.26. The van der Waals surface area contributed by atoms with Gasteiger partial charge in [0.2, 0.25) is 0 Å². The Hall–Kier alpha value is -3.24. The van der Waals surface area contributed by atoms with Crippen LogP contribution in [0.15, 0.2) is 36.4 Å². The lowest BCUT2D eigenvalue weighted by Crippen LogP contribution is -2.22. The molecule has 1 N–H and O–H groups in total. The monoisotopic (exact) mass is 520 g/mol. The molecule has 0 radical (unpaired) electrons. The maximum absolute atomic E-state index is 12.5. The number of aliphatic hydroxyl groups excluding tert-OH is 1. The Morgan fingerprint density at radius 2 is 0.735 bits per heavy atom. The minimum Gasteiger partial charge on any atom is -0.402 e. The zero-order valence-electron chi connectivity index (χ0n) is 15.7. The van der Waals surface area contributed by atoms with E-state index in [4.69, 9.17) is 0 Å². The van der Waals surface area contributed by atoms with Gasteiger partial charge in [0.15, 0.2) is 23.0 Å². The second-order valence-electron chi connectivity index (χ2n) is 6.01. The van der Waals surface area contributed by atoms with Crippen LogP contribution in [0, 0.1) is 0 Å². The van der Waals surface area contributed by atoms with Gasteiger partial charge in [0.1, 0.15) is 6.10 Å². The second-order valence-corrected chi connectivity index (χ2v) is 6.01. The van der Waals surface area contributed by atoms with E-state index in [9.17, 15) is 57.8 Å². The summed E-state index contributed by atoms with van der Waals surface area (Å²) >= 11 is 0. The lowest BCUT2D eigenvalue weighted by Gasteiger charge is -2.20. The van der Waals surface area contributed by atoms with Crippen molar-refractivity contribution < 1.29 is 76.7 Å². The fourth-order valence-corrected chi connectivity index (χ4v) is 2.41. The van der Waals surface area contributed by atoms with Gasteiger partial charge in [0, 0.05) is 0 Å². The Bertz CT molecular complexity index is 915. The zero-order valence-corrected chi connectivity index (χ0v) is 15.7. The van der Waals surface area contributed by atoms with E-state index in [1.807, 2.05) is 0 Å². The molecule has 2 aromatic carbocycles. The molecule has 0 bridgehead atoms. The van der Waals surface area contributed by atoms with Crippen molar-refractivity contribution in [3.05, 3.63) is 47.5 Å². The Morgan fingerprint density at radius 3 is 1.00 bits per heavy atom.